The Labute approximate surface area is 109 Å². The van der Waals surface area contributed by atoms with Crippen molar-refractivity contribution >= 4 is 28.3 Å². The Bertz CT molecular complexity index is 755. The van der Waals surface area contributed by atoms with Crippen LogP contribution in [0.4, 0.5) is 11.5 Å². The van der Waals surface area contributed by atoms with Crippen LogP contribution in [0.25, 0.3) is 10.9 Å². The largest absolute Gasteiger partial charge is 0.399 e. The molecule has 0 fully saturated rings. The van der Waals surface area contributed by atoms with Crippen LogP contribution in [0, 0.1) is 6.92 Å². The number of aromatic amines is 2. The average Bonchev–Trinajstić information content (AvgIpc) is 2.96. The summed E-state index contributed by atoms with van der Waals surface area (Å²) in [5, 5.41) is 10.3. The second kappa shape index (κ2) is 4.16. The van der Waals surface area contributed by atoms with E-state index in [4.69, 9.17) is 5.73 Å². The number of carbonyl (C=O) groups is 1. The monoisotopic (exact) mass is 255 g/mol. The number of fused-ring (bicyclic) bond motifs is 1. The lowest BCUT2D eigenvalue weighted by Gasteiger charge is -2.01. The molecule has 0 aliphatic carbocycles. The van der Waals surface area contributed by atoms with Crippen molar-refractivity contribution in [3.8, 4) is 0 Å². The van der Waals surface area contributed by atoms with E-state index < -0.39 is 0 Å². The molecule has 2 aromatic heterocycles. The predicted molar refractivity (Wildman–Crippen MR) is 74.0 cm³/mol. The minimum Gasteiger partial charge on any atom is -0.399 e. The molecule has 0 spiro atoms. The number of hydrogen-bond donors (Lipinski definition) is 4. The van der Waals surface area contributed by atoms with E-state index >= 15 is 0 Å². The molecular weight excluding hydrogens is 242 g/mol. The minimum absolute atomic E-state index is 0.220. The van der Waals surface area contributed by atoms with Crippen LogP contribution in [-0.2, 0) is 0 Å². The summed E-state index contributed by atoms with van der Waals surface area (Å²) >= 11 is 0. The van der Waals surface area contributed by atoms with Crippen molar-refractivity contribution in [2.24, 2.45) is 0 Å². The van der Waals surface area contributed by atoms with E-state index in [9.17, 15) is 4.79 Å². The highest BCUT2D eigenvalue weighted by Gasteiger charge is 2.11. The van der Waals surface area contributed by atoms with E-state index in [1.54, 1.807) is 18.3 Å². The first-order valence-corrected chi connectivity index (χ1v) is 5.83. The summed E-state index contributed by atoms with van der Waals surface area (Å²) < 4.78 is 0. The zero-order valence-corrected chi connectivity index (χ0v) is 10.3. The molecule has 3 aromatic rings. The summed E-state index contributed by atoms with van der Waals surface area (Å²) in [7, 11) is 0. The van der Waals surface area contributed by atoms with Gasteiger partial charge in [0, 0.05) is 22.2 Å². The maximum Gasteiger partial charge on any atom is 0.273 e. The molecule has 5 N–H and O–H groups in total. The number of nitrogen functional groups attached to an aromatic ring is 1. The Morgan fingerprint density at radius 2 is 2.21 bits per heavy atom. The summed E-state index contributed by atoms with van der Waals surface area (Å²) in [5.74, 6) is 0.380. The van der Waals surface area contributed by atoms with Gasteiger partial charge in [-0.3, -0.25) is 9.89 Å². The van der Waals surface area contributed by atoms with Crippen LogP contribution in [-0.4, -0.2) is 21.1 Å². The van der Waals surface area contributed by atoms with E-state index in [2.05, 4.69) is 20.5 Å². The number of benzene rings is 1. The van der Waals surface area contributed by atoms with E-state index in [1.807, 2.05) is 19.1 Å². The number of rotatable bonds is 2. The van der Waals surface area contributed by atoms with Gasteiger partial charge in [0.1, 0.15) is 11.5 Å². The first-order chi connectivity index (χ1) is 9.13. The minimum atomic E-state index is -0.220. The van der Waals surface area contributed by atoms with Crippen molar-refractivity contribution in [1.29, 1.82) is 0 Å². The zero-order chi connectivity index (χ0) is 13.4. The number of nitrogens with zero attached hydrogens (tertiary/aromatic N) is 1. The number of H-pyrrole nitrogens is 2. The highest BCUT2D eigenvalue weighted by atomic mass is 16.2. The van der Waals surface area contributed by atoms with Crippen LogP contribution in [0.1, 0.15) is 16.1 Å². The zero-order valence-electron chi connectivity index (χ0n) is 10.3. The first kappa shape index (κ1) is 11.3. The van der Waals surface area contributed by atoms with Crippen molar-refractivity contribution in [1.82, 2.24) is 15.2 Å². The molecule has 0 atom stereocenters. The molecule has 1 amide bonds. The molecule has 96 valence electrons. The maximum absolute atomic E-state index is 12.1. The lowest BCUT2D eigenvalue weighted by atomic mass is 10.2. The molecule has 1 aromatic carbocycles. The molecule has 0 saturated carbocycles. The molecule has 0 bridgehead atoms. The number of aryl methyl sites for hydroxylation is 1. The molecule has 6 heteroatoms. The van der Waals surface area contributed by atoms with Gasteiger partial charge >= 0.3 is 0 Å². The molecule has 0 saturated heterocycles. The van der Waals surface area contributed by atoms with Crippen molar-refractivity contribution in [2.75, 3.05) is 11.1 Å². The van der Waals surface area contributed by atoms with Gasteiger partial charge in [0.2, 0.25) is 0 Å². The van der Waals surface area contributed by atoms with Gasteiger partial charge in [0.05, 0.1) is 6.20 Å². The first-order valence-electron chi connectivity index (χ1n) is 5.83. The standard InChI is InChI=1S/C13H13N5O/c1-7-6-15-18-12(7)17-13(19)11-5-8-4-9(14)2-3-10(8)16-11/h2-6,16H,14H2,1H3,(H2,15,17,18,19). The van der Waals surface area contributed by atoms with Crippen LogP contribution in [0.15, 0.2) is 30.5 Å². The van der Waals surface area contributed by atoms with E-state index in [1.165, 1.54) is 0 Å². The summed E-state index contributed by atoms with van der Waals surface area (Å²) in [5.41, 5.74) is 8.62. The van der Waals surface area contributed by atoms with Crippen LogP contribution >= 0.6 is 0 Å². The highest BCUT2D eigenvalue weighted by molar-refractivity contribution is 6.06. The van der Waals surface area contributed by atoms with Crippen molar-refractivity contribution in [3.05, 3.63) is 41.7 Å². The van der Waals surface area contributed by atoms with Crippen LogP contribution < -0.4 is 11.1 Å². The highest BCUT2D eigenvalue weighted by Crippen LogP contribution is 2.19. The Morgan fingerprint density at radius 1 is 1.37 bits per heavy atom. The van der Waals surface area contributed by atoms with Gasteiger partial charge in [-0.2, -0.15) is 5.10 Å². The van der Waals surface area contributed by atoms with Crippen molar-refractivity contribution in [2.45, 2.75) is 6.92 Å². The number of amides is 1. The van der Waals surface area contributed by atoms with Gasteiger partial charge in [0.25, 0.3) is 5.91 Å². The Kier molecular flexibility index (Phi) is 2.49. The SMILES string of the molecule is Cc1cn[nH]c1NC(=O)c1cc2cc(N)ccc2[nH]1. The van der Waals surface area contributed by atoms with Crippen LogP contribution in [0.5, 0.6) is 0 Å². The number of hydrogen-bond acceptors (Lipinski definition) is 3. The van der Waals surface area contributed by atoms with Gasteiger partial charge in [-0.1, -0.05) is 0 Å². The van der Waals surface area contributed by atoms with Gasteiger partial charge in [0.15, 0.2) is 0 Å². The van der Waals surface area contributed by atoms with Gasteiger partial charge < -0.3 is 16.0 Å². The number of anilines is 2. The van der Waals surface area contributed by atoms with Crippen LogP contribution in [0.2, 0.25) is 0 Å². The van der Waals surface area contributed by atoms with Crippen molar-refractivity contribution in [3.63, 3.8) is 0 Å². The van der Waals surface area contributed by atoms with Crippen LogP contribution in [0.3, 0.4) is 0 Å². The fourth-order valence-corrected chi connectivity index (χ4v) is 1.93. The molecule has 0 radical (unpaired) electrons. The molecular formula is C13H13N5O. The number of carbonyl (C=O) groups excluding carboxylic acids is 1. The summed E-state index contributed by atoms with van der Waals surface area (Å²) in [6.07, 6.45) is 1.65. The molecule has 0 unspecified atom stereocenters. The predicted octanol–water partition coefficient (Wildman–Crippen LogP) is 2.03. The quantitative estimate of drug-likeness (QED) is 0.527. The number of nitrogens with one attached hydrogen (secondary N) is 3. The third kappa shape index (κ3) is 2.03. The van der Waals surface area contributed by atoms with E-state index in [0.29, 0.717) is 17.2 Å². The topological polar surface area (TPSA) is 99.6 Å². The second-order valence-corrected chi connectivity index (χ2v) is 4.41. The summed E-state index contributed by atoms with van der Waals surface area (Å²) in [6, 6.07) is 7.24. The second-order valence-electron chi connectivity index (χ2n) is 4.41. The third-order valence-electron chi connectivity index (χ3n) is 2.96. The summed E-state index contributed by atoms with van der Waals surface area (Å²) in [4.78, 5) is 15.2. The smallest absolute Gasteiger partial charge is 0.273 e. The molecule has 6 nitrogen and oxygen atoms in total. The molecule has 2 heterocycles. The molecule has 0 aliphatic rings. The summed E-state index contributed by atoms with van der Waals surface area (Å²) in [6.45, 7) is 1.87. The Hall–Kier alpha value is -2.76. The number of nitrogens with two attached hydrogens (primary N) is 1. The van der Waals surface area contributed by atoms with Gasteiger partial charge in [-0.05, 0) is 31.2 Å². The fraction of sp³-hybridized carbons (Fsp3) is 0.0769. The fourth-order valence-electron chi connectivity index (χ4n) is 1.93. The van der Waals surface area contributed by atoms with Crippen molar-refractivity contribution < 1.29 is 4.79 Å². The number of aromatic nitrogens is 3. The lowest BCUT2D eigenvalue weighted by molar-refractivity contribution is 0.102. The van der Waals surface area contributed by atoms with Gasteiger partial charge in [-0.25, -0.2) is 0 Å². The average molecular weight is 255 g/mol. The van der Waals surface area contributed by atoms with E-state index in [-0.39, 0.29) is 5.91 Å². The molecule has 3 rings (SSSR count). The Morgan fingerprint density at radius 3 is 2.95 bits per heavy atom. The Balaban J connectivity index is 1.91. The normalized spacial score (nSPS) is 10.8. The maximum atomic E-state index is 12.1. The van der Waals surface area contributed by atoms with Gasteiger partial charge in [-0.15, -0.1) is 0 Å². The van der Waals surface area contributed by atoms with E-state index in [0.717, 1.165) is 16.5 Å². The lowest BCUT2D eigenvalue weighted by Crippen LogP contribution is -2.13. The third-order valence-corrected chi connectivity index (χ3v) is 2.96. The molecule has 0 aliphatic heterocycles. The molecule has 19 heavy (non-hydrogen) atoms.